The number of hydrogen-bond donors (Lipinski definition) is 1. The molecule has 0 aromatic carbocycles. The van der Waals surface area contributed by atoms with E-state index in [1.54, 1.807) is 11.6 Å². The highest BCUT2D eigenvalue weighted by molar-refractivity contribution is 5.93. The molecule has 0 bridgehead atoms. The van der Waals surface area contributed by atoms with E-state index in [0.717, 1.165) is 54.6 Å². The van der Waals surface area contributed by atoms with Gasteiger partial charge in [0, 0.05) is 17.2 Å². The molecule has 4 saturated carbocycles. The van der Waals surface area contributed by atoms with E-state index in [0.29, 0.717) is 5.92 Å². The molecule has 7 atom stereocenters. The first-order valence-corrected chi connectivity index (χ1v) is 11.8. The van der Waals surface area contributed by atoms with Gasteiger partial charge in [-0.05, 0) is 112 Å². The zero-order valence-electron chi connectivity index (χ0n) is 17.1. The molecule has 0 amide bonds. The zero-order chi connectivity index (χ0) is 19.1. The average molecular weight is 380 g/mol. The molecule has 28 heavy (non-hydrogen) atoms. The molecule has 4 fully saturated rings. The van der Waals surface area contributed by atoms with Gasteiger partial charge < -0.3 is 10.1 Å². The van der Waals surface area contributed by atoms with Crippen LogP contribution in [0.5, 0.6) is 0 Å². The van der Waals surface area contributed by atoms with Crippen LogP contribution in [0.2, 0.25) is 0 Å². The Morgan fingerprint density at radius 2 is 2.00 bits per heavy atom. The van der Waals surface area contributed by atoms with Gasteiger partial charge in [-0.25, -0.2) is 4.79 Å². The van der Waals surface area contributed by atoms with Gasteiger partial charge in [-0.1, -0.05) is 12.5 Å². The minimum absolute atomic E-state index is 0.117. The first kappa shape index (κ1) is 17.5. The van der Waals surface area contributed by atoms with E-state index < -0.39 is 0 Å². The molecule has 3 heteroatoms. The standard InChI is InChI=1S/C25H33NO2/c1-2-24-10-7-19-18-6-5-17(26)13-16(18)14-20(15-3-4-15)23(19)21(24)8-11-25(24)12-9-22(27)28-25/h9,12-13,15,18-21,23,26H,2-8,10-11,14H2,1H3/t18-,19?,20?,21?,23?,24-,25+/m0/s1. The van der Waals surface area contributed by atoms with E-state index in [2.05, 4.69) is 19.1 Å². The molecule has 150 valence electrons. The van der Waals surface area contributed by atoms with Gasteiger partial charge in [-0.15, -0.1) is 0 Å². The largest absolute Gasteiger partial charge is 0.451 e. The molecular weight excluding hydrogens is 346 g/mol. The van der Waals surface area contributed by atoms with Gasteiger partial charge in [0.25, 0.3) is 0 Å². The van der Waals surface area contributed by atoms with Gasteiger partial charge in [-0.2, -0.15) is 0 Å². The highest BCUT2D eigenvalue weighted by atomic mass is 16.6. The molecule has 0 radical (unpaired) electrons. The van der Waals surface area contributed by atoms with Crippen LogP contribution in [0.3, 0.4) is 0 Å². The molecule has 6 aliphatic rings. The lowest BCUT2D eigenvalue weighted by atomic mass is 9.46. The Labute approximate surface area is 168 Å². The molecular formula is C25H33NO2. The average Bonchev–Trinajstić information content (AvgIpc) is 3.40. The van der Waals surface area contributed by atoms with Gasteiger partial charge in [0.15, 0.2) is 0 Å². The van der Waals surface area contributed by atoms with Gasteiger partial charge in [-0.3, -0.25) is 0 Å². The third-order valence-corrected chi connectivity index (χ3v) is 9.94. The van der Waals surface area contributed by atoms with Crippen LogP contribution in [0, 0.1) is 46.3 Å². The number of carbonyl (C=O) groups excluding carboxylic acids is 1. The first-order valence-electron chi connectivity index (χ1n) is 11.8. The quantitative estimate of drug-likeness (QED) is 0.648. The topological polar surface area (TPSA) is 50.2 Å². The minimum Gasteiger partial charge on any atom is -0.451 e. The maximum Gasteiger partial charge on any atom is 0.331 e. The summed E-state index contributed by atoms with van der Waals surface area (Å²) in [6.07, 6.45) is 18.3. The van der Waals surface area contributed by atoms with Crippen molar-refractivity contribution in [3.8, 4) is 0 Å². The number of nitrogens with one attached hydrogen (secondary N) is 1. The summed E-state index contributed by atoms with van der Waals surface area (Å²) in [6, 6.07) is 0. The maximum absolute atomic E-state index is 12.1. The van der Waals surface area contributed by atoms with Crippen molar-refractivity contribution in [1.29, 1.82) is 5.41 Å². The Hall–Kier alpha value is -1.38. The van der Waals surface area contributed by atoms with Gasteiger partial charge in [0.05, 0.1) is 0 Å². The highest BCUT2D eigenvalue weighted by Gasteiger charge is 2.67. The summed E-state index contributed by atoms with van der Waals surface area (Å²) in [4.78, 5) is 12.1. The lowest BCUT2D eigenvalue weighted by Gasteiger charge is -2.59. The molecule has 1 heterocycles. The molecule has 1 spiro atoms. The van der Waals surface area contributed by atoms with Crippen LogP contribution >= 0.6 is 0 Å². The van der Waals surface area contributed by atoms with Crippen LogP contribution in [-0.2, 0) is 9.53 Å². The summed E-state index contributed by atoms with van der Waals surface area (Å²) >= 11 is 0. The van der Waals surface area contributed by atoms with E-state index in [-0.39, 0.29) is 17.0 Å². The molecule has 0 aromatic rings. The van der Waals surface area contributed by atoms with E-state index in [1.165, 1.54) is 44.9 Å². The molecule has 4 unspecified atom stereocenters. The fourth-order valence-electron chi connectivity index (χ4n) is 8.77. The lowest BCUT2D eigenvalue weighted by molar-refractivity contribution is -0.167. The second-order valence-corrected chi connectivity index (χ2v) is 10.7. The summed E-state index contributed by atoms with van der Waals surface area (Å²) in [6.45, 7) is 2.35. The summed E-state index contributed by atoms with van der Waals surface area (Å²) in [7, 11) is 0. The SMILES string of the molecule is CC[C@]12CCC3C(C(C4CC4)CC4=CC(=N)CC[C@@H]43)C1CC[C@@]21C=CC(=O)O1. The Balaban J connectivity index is 1.41. The fourth-order valence-corrected chi connectivity index (χ4v) is 8.77. The highest BCUT2D eigenvalue weighted by Crippen LogP contribution is 2.70. The lowest BCUT2D eigenvalue weighted by Crippen LogP contribution is -2.55. The number of allylic oxidation sites excluding steroid dienone is 2. The predicted octanol–water partition coefficient (Wildman–Crippen LogP) is 5.46. The molecule has 3 nitrogen and oxygen atoms in total. The van der Waals surface area contributed by atoms with Gasteiger partial charge in [0.2, 0.25) is 0 Å². The number of fused-ring (bicyclic) bond motifs is 6. The Morgan fingerprint density at radius 1 is 1.14 bits per heavy atom. The molecule has 1 N–H and O–H groups in total. The number of carbonyl (C=O) groups is 1. The zero-order valence-corrected chi connectivity index (χ0v) is 17.1. The monoisotopic (exact) mass is 379 g/mol. The number of ether oxygens (including phenoxy) is 1. The van der Waals surface area contributed by atoms with Crippen LogP contribution in [0.25, 0.3) is 0 Å². The van der Waals surface area contributed by atoms with E-state index in [1.807, 2.05) is 0 Å². The first-order chi connectivity index (χ1) is 13.6. The van der Waals surface area contributed by atoms with Gasteiger partial charge >= 0.3 is 5.97 Å². The number of hydrogen-bond acceptors (Lipinski definition) is 3. The van der Waals surface area contributed by atoms with Crippen LogP contribution in [0.15, 0.2) is 23.8 Å². The van der Waals surface area contributed by atoms with Crippen molar-refractivity contribution in [2.45, 2.75) is 76.7 Å². The van der Waals surface area contributed by atoms with Crippen molar-refractivity contribution in [3.63, 3.8) is 0 Å². The van der Waals surface area contributed by atoms with E-state index >= 15 is 0 Å². The Kier molecular flexibility index (Phi) is 3.64. The Morgan fingerprint density at radius 3 is 2.71 bits per heavy atom. The predicted molar refractivity (Wildman–Crippen MR) is 109 cm³/mol. The number of esters is 1. The van der Waals surface area contributed by atoms with Crippen molar-refractivity contribution in [2.75, 3.05) is 0 Å². The van der Waals surface area contributed by atoms with E-state index in [9.17, 15) is 4.79 Å². The minimum atomic E-state index is -0.312. The number of rotatable bonds is 2. The normalized spacial score (nSPS) is 49.5. The van der Waals surface area contributed by atoms with Crippen LogP contribution in [-0.4, -0.2) is 17.3 Å². The maximum atomic E-state index is 12.1. The molecule has 1 aliphatic heterocycles. The van der Waals surface area contributed by atoms with Crippen molar-refractivity contribution in [1.82, 2.24) is 0 Å². The fraction of sp³-hybridized carbons (Fsp3) is 0.760. The third kappa shape index (κ3) is 2.17. The summed E-state index contributed by atoms with van der Waals surface area (Å²) in [5.41, 5.74) is 2.33. The smallest absolute Gasteiger partial charge is 0.331 e. The van der Waals surface area contributed by atoms with E-state index in [4.69, 9.17) is 10.1 Å². The Bertz CT molecular complexity index is 792. The summed E-state index contributed by atoms with van der Waals surface area (Å²) in [5.74, 6) is 4.65. The second-order valence-electron chi connectivity index (χ2n) is 10.7. The molecule has 0 saturated heterocycles. The van der Waals surface area contributed by atoms with Crippen molar-refractivity contribution in [2.24, 2.45) is 40.9 Å². The summed E-state index contributed by atoms with van der Waals surface area (Å²) < 4.78 is 6.10. The second kappa shape index (κ2) is 5.83. The van der Waals surface area contributed by atoms with Crippen LogP contribution in [0.1, 0.15) is 71.1 Å². The molecule has 5 aliphatic carbocycles. The van der Waals surface area contributed by atoms with Crippen molar-refractivity contribution >= 4 is 11.7 Å². The van der Waals surface area contributed by atoms with Gasteiger partial charge in [0.1, 0.15) is 5.60 Å². The molecule has 6 rings (SSSR count). The summed E-state index contributed by atoms with van der Waals surface area (Å²) in [5, 5.41) is 8.21. The van der Waals surface area contributed by atoms with Crippen LogP contribution in [0.4, 0.5) is 0 Å². The molecule has 0 aromatic heterocycles. The van der Waals surface area contributed by atoms with Crippen molar-refractivity contribution in [3.05, 3.63) is 23.8 Å². The van der Waals surface area contributed by atoms with Crippen LogP contribution < -0.4 is 0 Å². The third-order valence-electron chi connectivity index (χ3n) is 9.94. The van der Waals surface area contributed by atoms with Crippen molar-refractivity contribution < 1.29 is 9.53 Å².